The molecule has 0 saturated carbocycles. The molecule has 0 aromatic carbocycles. The van der Waals surface area contributed by atoms with Crippen LogP contribution in [0.4, 0.5) is 20.3 Å². The topological polar surface area (TPSA) is 94.1 Å². The number of alkyl halides is 2. The predicted octanol–water partition coefficient (Wildman–Crippen LogP) is 1.65. The van der Waals surface area contributed by atoms with E-state index in [4.69, 9.17) is 17.3 Å². The molecule has 0 aliphatic heterocycles. The van der Waals surface area contributed by atoms with Gasteiger partial charge in [0, 0.05) is 6.07 Å². The average molecular weight is 267 g/mol. The van der Waals surface area contributed by atoms with Gasteiger partial charge in [-0.3, -0.25) is 10.1 Å². The number of halogens is 3. The van der Waals surface area contributed by atoms with E-state index in [0.717, 1.165) is 12.3 Å². The Kier molecular flexibility index (Phi) is 4.13. The molecule has 0 unspecified atom stereocenters. The smallest absolute Gasteiger partial charge is 0.289 e. The van der Waals surface area contributed by atoms with Crippen molar-refractivity contribution in [1.82, 2.24) is 4.98 Å². The molecule has 1 aromatic rings. The van der Waals surface area contributed by atoms with Gasteiger partial charge >= 0.3 is 0 Å². The molecule has 6 nitrogen and oxygen atoms in total. The van der Waals surface area contributed by atoms with Crippen LogP contribution in [0.15, 0.2) is 12.3 Å². The summed E-state index contributed by atoms with van der Waals surface area (Å²) >= 11 is 5.64. The molecule has 1 heterocycles. The Labute approximate surface area is 99.9 Å². The van der Waals surface area contributed by atoms with Gasteiger partial charge in [0.15, 0.2) is 0 Å². The molecular weight excluding hydrogens is 258 g/mol. The van der Waals surface area contributed by atoms with Crippen LogP contribution in [0, 0.1) is 10.1 Å². The van der Waals surface area contributed by atoms with E-state index in [1.807, 2.05) is 0 Å². The molecule has 0 radical (unpaired) electrons. The second-order valence-electron chi connectivity index (χ2n) is 3.19. The first-order chi connectivity index (χ1) is 7.85. The van der Waals surface area contributed by atoms with Crippen molar-refractivity contribution in [3.05, 3.63) is 27.4 Å². The molecule has 1 rings (SSSR count). The molecule has 0 fully saturated rings. The van der Waals surface area contributed by atoms with Crippen molar-refractivity contribution in [3.8, 4) is 0 Å². The molecular formula is C8H9ClF2N4O2. The SMILES string of the molecule is NCC(F)(F)CNc1ncc([N+](=O)[O-])cc1Cl. The fourth-order valence-electron chi connectivity index (χ4n) is 0.943. The minimum absolute atomic E-state index is 0.0506. The number of hydrogen-bond donors (Lipinski definition) is 2. The van der Waals surface area contributed by atoms with Gasteiger partial charge < -0.3 is 11.1 Å². The molecule has 0 saturated heterocycles. The second kappa shape index (κ2) is 5.19. The van der Waals surface area contributed by atoms with E-state index >= 15 is 0 Å². The average Bonchev–Trinajstić information content (AvgIpc) is 2.27. The van der Waals surface area contributed by atoms with Crippen molar-refractivity contribution in [2.75, 3.05) is 18.4 Å². The molecule has 94 valence electrons. The van der Waals surface area contributed by atoms with Crippen LogP contribution in [0.3, 0.4) is 0 Å². The number of pyridine rings is 1. The Morgan fingerprint density at radius 1 is 1.65 bits per heavy atom. The third-order valence-electron chi connectivity index (χ3n) is 1.85. The molecule has 9 heteroatoms. The van der Waals surface area contributed by atoms with E-state index in [0.29, 0.717) is 0 Å². The Bertz CT molecular complexity index is 430. The number of nitrogens with one attached hydrogen (secondary N) is 1. The normalized spacial score (nSPS) is 11.3. The molecule has 0 spiro atoms. The molecule has 17 heavy (non-hydrogen) atoms. The van der Waals surface area contributed by atoms with Gasteiger partial charge in [0.05, 0.1) is 23.0 Å². The van der Waals surface area contributed by atoms with Gasteiger partial charge in [-0.25, -0.2) is 13.8 Å². The lowest BCUT2D eigenvalue weighted by atomic mass is 10.3. The summed E-state index contributed by atoms with van der Waals surface area (Å²) in [6.45, 7) is -1.56. The largest absolute Gasteiger partial charge is 0.363 e. The van der Waals surface area contributed by atoms with Crippen LogP contribution in [0.2, 0.25) is 5.02 Å². The van der Waals surface area contributed by atoms with Gasteiger partial charge in [-0.05, 0) is 0 Å². The zero-order chi connectivity index (χ0) is 13.1. The minimum Gasteiger partial charge on any atom is -0.363 e. The zero-order valence-corrected chi connectivity index (χ0v) is 9.25. The van der Waals surface area contributed by atoms with Crippen molar-refractivity contribution >= 4 is 23.1 Å². The summed E-state index contributed by atoms with van der Waals surface area (Å²) in [6, 6.07) is 1.03. The highest BCUT2D eigenvalue weighted by molar-refractivity contribution is 6.33. The quantitative estimate of drug-likeness (QED) is 0.624. The number of anilines is 1. The van der Waals surface area contributed by atoms with E-state index in [9.17, 15) is 18.9 Å². The van der Waals surface area contributed by atoms with E-state index < -0.39 is 23.9 Å². The van der Waals surface area contributed by atoms with Gasteiger partial charge in [-0.1, -0.05) is 11.6 Å². The van der Waals surface area contributed by atoms with Crippen LogP contribution < -0.4 is 11.1 Å². The maximum Gasteiger partial charge on any atom is 0.289 e. The maximum atomic E-state index is 12.8. The van der Waals surface area contributed by atoms with Gasteiger partial charge in [0.2, 0.25) is 0 Å². The van der Waals surface area contributed by atoms with Crippen molar-refractivity contribution in [2.24, 2.45) is 5.73 Å². The molecule has 0 aliphatic rings. The Morgan fingerprint density at radius 3 is 2.76 bits per heavy atom. The number of nitrogens with two attached hydrogens (primary N) is 1. The highest BCUT2D eigenvalue weighted by atomic mass is 35.5. The van der Waals surface area contributed by atoms with Crippen molar-refractivity contribution < 1.29 is 13.7 Å². The molecule has 0 aliphatic carbocycles. The van der Waals surface area contributed by atoms with Crippen LogP contribution in [0.1, 0.15) is 0 Å². The van der Waals surface area contributed by atoms with Gasteiger partial charge in [0.25, 0.3) is 11.6 Å². The maximum absolute atomic E-state index is 12.8. The van der Waals surface area contributed by atoms with E-state index in [1.165, 1.54) is 0 Å². The summed E-state index contributed by atoms with van der Waals surface area (Å²) in [7, 11) is 0. The Balaban J connectivity index is 2.77. The second-order valence-corrected chi connectivity index (χ2v) is 3.60. The summed E-state index contributed by atoms with van der Waals surface area (Å²) in [5.74, 6) is -3.14. The van der Waals surface area contributed by atoms with Crippen LogP contribution in [0.25, 0.3) is 0 Å². The number of nitrogens with zero attached hydrogens (tertiary/aromatic N) is 2. The lowest BCUT2D eigenvalue weighted by Crippen LogP contribution is -2.35. The highest BCUT2D eigenvalue weighted by Crippen LogP contribution is 2.24. The third kappa shape index (κ3) is 3.75. The van der Waals surface area contributed by atoms with Crippen LogP contribution >= 0.6 is 11.6 Å². The summed E-state index contributed by atoms with van der Waals surface area (Å²) < 4.78 is 25.6. The lowest BCUT2D eigenvalue weighted by Gasteiger charge is -2.15. The molecule has 1 aromatic heterocycles. The highest BCUT2D eigenvalue weighted by Gasteiger charge is 2.26. The van der Waals surface area contributed by atoms with E-state index in [-0.39, 0.29) is 16.5 Å². The van der Waals surface area contributed by atoms with E-state index in [1.54, 1.807) is 0 Å². The number of rotatable bonds is 5. The fourth-order valence-corrected chi connectivity index (χ4v) is 1.17. The fraction of sp³-hybridized carbons (Fsp3) is 0.375. The first-order valence-corrected chi connectivity index (χ1v) is 4.85. The predicted molar refractivity (Wildman–Crippen MR) is 58.4 cm³/mol. The standard InChI is InChI=1S/C8H9ClF2N4O2/c9-6-1-5(15(16)17)2-13-7(6)14-4-8(10,11)3-12/h1-2H,3-4,12H2,(H,13,14). The van der Waals surface area contributed by atoms with Crippen molar-refractivity contribution in [3.63, 3.8) is 0 Å². The monoisotopic (exact) mass is 266 g/mol. The number of aromatic nitrogens is 1. The number of hydrogen-bond acceptors (Lipinski definition) is 5. The summed E-state index contributed by atoms with van der Waals surface area (Å²) in [5.41, 5.74) is 4.53. The molecule has 0 bridgehead atoms. The van der Waals surface area contributed by atoms with Gasteiger partial charge in [-0.15, -0.1) is 0 Å². The first-order valence-electron chi connectivity index (χ1n) is 4.47. The Hall–Kier alpha value is -1.54. The van der Waals surface area contributed by atoms with Crippen molar-refractivity contribution in [1.29, 1.82) is 0 Å². The molecule has 0 atom stereocenters. The summed E-state index contributed by atoms with van der Waals surface area (Å²) in [5, 5.41) is 12.5. The molecule has 3 N–H and O–H groups in total. The molecule has 0 amide bonds. The van der Waals surface area contributed by atoms with Gasteiger partial charge in [-0.2, -0.15) is 0 Å². The van der Waals surface area contributed by atoms with Crippen molar-refractivity contribution in [2.45, 2.75) is 5.92 Å². The summed E-state index contributed by atoms with van der Waals surface area (Å²) in [6.07, 6.45) is 0.925. The van der Waals surface area contributed by atoms with Crippen LogP contribution in [-0.4, -0.2) is 28.9 Å². The van der Waals surface area contributed by atoms with Gasteiger partial charge in [0.1, 0.15) is 12.0 Å². The lowest BCUT2D eigenvalue weighted by molar-refractivity contribution is -0.385. The summed E-state index contributed by atoms with van der Waals surface area (Å²) in [4.78, 5) is 13.3. The van der Waals surface area contributed by atoms with Crippen LogP contribution in [0.5, 0.6) is 0 Å². The zero-order valence-electron chi connectivity index (χ0n) is 8.49. The first kappa shape index (κ1) is 13.5. The van der Waals surface area contributed by atoms with E-state index in [2.05, 4.69) is 10.3 Å². The number of nitro groups is 1. The Morgan fingerprint density at radius 2 is 2.29 bits per heavy atom. The third-order valence-corrected chi connectivity index (χ3v) is 2.14. The van der Waals surface area contributed by atoms with Crippen LogP contribution in [-0.2, 0) is 0 Å². The minimum atomic E-state index is -3.09.